The largest absolute Gasteiger partial charge is 0.348 e. The van der Waals surface area contributed by atoms with Crippen LogP contribution < -0.4 is 5.32 Å². The zero-order valence-electron chi connectivity index (χ0n) is 14.9. The molecule has 0 unspecified atom stereocenters. The molecule has 1 amide bonds. The van der Waals surface area contributed by atoms with Gasteiger partial charge in [0, 0.05) is 24.0 Å². The minimum absolute atomic E-state index is 0.109. The Labute approximate surface area is 158 Å². The van der Waals surface area contributed by atoms with E-state index in [2.05, 4.69) is 15.4 Å². The van der Waals surface area contributed by atoms with Gasteiger partial charge >= 0.3 is 0 Å². The minimum Gasteiger partial charge on any atom is -0.348 e. The van der Waals surface area contributed by atoms with E-state index in [4.69, 9.17) is 11.6 Å². The van der Waals surface area contributed by atoms with Crippen molar-refractivity contribution in [3.8, 4) is 5.69 Å². The van der Waals surface area contributed by atoms with Crippen molar-refractivity contribution in [1.82, 2.24) is 20.1 Å². The SMILES string of the molecule is CCc1nn(-c2ccc(Cl)cc2)c(CC)c1C(=O)NCc1cccnc1. The smallest absolute Gasteiger partial charge is 0.255 e. The van der Waals surface area contributed by atoms with E-state index in [1.165, 1.54) is 0 Å². The van der Waals surface area contributed by atoms with Crippen molar-refractivity contribution in [2.24, 2.45) is 0 Å². The summed E-state index contributed by atoms with van der Waals surface area (Å²) in [5.74, 6) is -0.109. The highest BCUT2D eigenvalue weighted by Crippen LogP contribution is 2.22. The molecule has 3 aromatic rings. The standard InChI is InChI=1S/C20H21ClN4O/c1-3-17-19(20(26)23-13-14-6-5-11-22-12-14)18(4-2)25(24-17)16-9-7-15(21)8-10-16/h5-12H,3-4,13H2,1-2H3,(H,23,26). The normalized spacial score (nSPS) is 10.7. The summed E-state index contributed by atoms with van der Waals surface area (Å²) in [4.78, 5) is 16.9. The Morgan fingerprint density at radius 3 is 2.54 bits per heavy atom. The highest BCUT2D eigenvalue weighted by atomic mass is 35.5. The van der Waals surface area contributed by atoms with Gasteiger partial charge in [-0.25, -0.2) is 4.68 Å². The second-order valence-corrected chi connectivity index (χ2v) is 6.34. The number of benzene rings is 1. The molecule has 0 aliphatic rings. The van der Waals surface area contributed by atoms with Gasteiger partial charge in [0.25, 0.3) is 5.91 Å². The van der Waals surface area contributed by atoms with Crippen LogP contribution in [0, 0.1) is 0 Å². The van der Waals surface area contributed by atoms with Crippen molar-refractivity contribution in [3.63, 3.8) is 0 Å². The van der Waals surface area contributed by atoms with Gasteiger partial charge in [0.2, 0.25) is 0 Å². The highest BCUT2D eigenvalue weighted by Gasteiger charge is 2.22. The fourth-order valence-electron chi connectivity index (χ4n) is 2.91. The van der Waals surface area contributed by atoms with Crippen LogP contribution in [-0.4, -0.2) is 20.7 Å². The van der Waals surface area contributed by atoms with Crippen molar-refractivity contribution in [3.05, 3.63) is 76.3 Å². The molecule has 2 heterocycles. The number of rotatable bonds is 6. The lowest BCUT2D eigenvalue weighted by molar-refractivity contribution is 0.0949. The monoisotopic (exact) mass is 368 g/mol. The molecular weight excluding hydrogens is 348 g/mol. The van der Waals surface area contributed by atoms with Gasteiger partial charge in [-0.05, 0) is 48.7 Å². The van der Waals surface area contributed by atoms with Crippen LogP contribution in [0.5, 0.6) is 0 Å². The first kappa shape index (κ1) is 18.1. The maximum absolute atomic E-state index is 12.9. The molecule has 5 nitrogen and oxygen atoms in total. The van der Waals surface area contributed by atoms with E-state index < -0.39 is 0 Å². The molecule has 0 aliphatic heterocycles. The average Bonchev–Trinajstić information content (AvgIpc) is 3.06. The van der Waals surface area contributed by atoms with Crippen LogP contribution in [0.3, 0.4) is 0 Å². The number of aromatic nitrogens is 3. The Morgan fingerprint density at radius 2 is 1.92 bits per heavy atom. The Kier molecular flexibility index (Phi) is 5.68. The second-order valence-electron chi connectivity index (χ2n) is 5.91. The van der Waals surface area contributed by atoms with Gasteiger partial charge in [0.1, 0.15) is 0 Å². The number of carbonyl (C=O) groups is 1. The summed E-state index contributed by atoms with van der Waals surface area (Å²) in [5, 5.41) is 8.33. The van der Waals surface area contributed by atoms with Crippen LogP contribution in [0.2, 0.25) is 5.02 Å². The number of hydrogen-bond donors (Lipinski definition) is 1. The fourth-order valence-corrected chi connectivity index (χ4v) is 3.03. The predicted molar refractivity (Wildman–Crippen MR) is 103 cm³/mol. The molecule has 2 aromatic heterocycles. The molecule has 1 N–H and O–H groups in total. The van der Waals surface area contributed by atoms with Crippen LogP contribution in [0.15, 0.2) is 48.8 Å². The fraction of sp³-hybridized carbons (Fsp3) is 0.250. The molecular formula is C20H21ClN4O. The lowest BCUT2D eigenvalue weighted by Crippen LogP contribution is -2.24. The molecule has 0 bridgehead atoms. The number of amides is 1. The molecule has 0 spiro atoms. The Balaban J connectivity index is 1.92. The van der Waals surface area contributed by atoms with E-state index in [1.54, 1.807) is 12.4 Å². The molecule has 0 radical (unpaired) electrons. The highest BCUT2D eigenvalue weighted by molar-refractivity contribution is 6.30. The van der Waals surface area contributed by atoms with Gasteiger partial charge < -0.3 is 5.32 Å². The van der Waals surface area contributed by atoms with Crippen LogP contribution in [0.1, 0.15) is 41.2 Å². The van der Waals surface area contributed by atoms with E-state index >= 15 is 0 Å². The minimum atomic E-state index is -0.109. The Morgan fingerprint density at radius 1 is 1.15 bits per heavy atom. The van der Waals surface area contributed by atoms with Crippen LogP contribution >= 0.6 is 11.6 Å². The van der Waals surface area contributed by atoms with Crippen molar-refractivity contribution >= 4 is 17.5 Å². The van der Waals surface area contributed by atoms with E-state index in [9.17, 15) is 4.79 Å². The lowest BCUT2D eigenvalue weighted by atomic mass is 10.1. The molecule has 0 fully saturated rings. The number of halogens is 1. The van der Waals surface area contributed by atoms with E-state index in [0.717, 1.165) is 22.6 Å². The van der Waals surface area contributed by atoms with Crippen molar-refractivity contribution in [2.75, 3.05) is 0 Å². The number of carbonyl (C=O) groups excluding carboxylic acids is 1. The molecule has 6 heteroatoms. The number of aryl methyl sites for hydroxylation is 1. The van der Waals surface area contributed by atoms with Gasteiger partial charge in [-0.15, -0.1) is 0 Å². The van der Waals surface area contributed by atoms with Gasteiger partial charge in [-0.2, -0.15) is 5.10 Å². The zero-order chi connectivity index (χ0) is 18.5. The molecule has 0 aliphatic carbocycles. The third-order valence-corrected chi connectivity index (χ3v) is 4.45. The molecule has 134 valence electrons. The van der Waals surface area contributed by atoms with E-state index in [-0.39, 0.29) is 5.91 Å². The second kappa shape index (κ2) is 8.15. The van der Waals surface area contributed by atoms with Crippen molar-refractivity contribution in [2.45, 2.75) is 33.2 Å². The molecule has 0 saturated heterocycles. The molecule has 0 saturated carbocycles. The van der Waals surface area contributed by atoms with Crippen LogP contribution in [-0.2, 0) is 19.4 Å². The summed E-state index contributed by atoms with van der Waals surface area (Å²) in [6.45, 7) is 4.47. The van der Waals surface area contributed by atoms with Crippen LogP contribution in [0.25, 0.3) is 5.69 Å². The van der Waals surface area contributed by atoms with Gasteiger partial charge in [0.15, 0.2) is 0 Å². The maximum atomic E-state index is 12.9. The zero-order valence-corrected chi connectivity index (χ0v) is 15.6. The van der Waals surface area contributed by atoms with Gasteiger partial charge in [-0.1, -0.05) is 31.5 Å². The number of nitrogens with zero attached hydrogens (tertiary/aromatic N) is 3. The van der Waals surface area contributed by atoms with Crippen LogP contribution in [0.4, 0.5) is 0 Å². The molecule has 26 heavy (non-hydrogen) atoms. The Bertz CT molecular complexity index is 888. The topological polar surface area (TPSA) is 59.8 Å². The Hall–Kier alpha value is -2.66. The first-order valence-electron chi connectivity index (χ1n) is 8.67. The van der Waals surface area contributed by atoms with Crippen molar-refractivity contribution < 1.29 is 4.79 Å². The summed E-state index contributed by atoms with van der Waals surface area (Å²) in [6.07, 6.45) is 4.85. The molecule has 1 aromatic carbocycles. The van der Waals surface area contributed by atoms with Gasteiger partial charge in [0.05, 0.1) is 22.6 Å². The number of nitrogens with one attached hydrogen (secondary N) is 1. The molecule has 0 atom stereocenters. The van der Waals surface area contributed by atoms with Gasteiger partial charge in [-0.3, -0.25) is 9.78 Å². The first-order chi connectivity index (χ1) is 12.6. The summed E-state index contributed by atoms with van der Waals surface area (Å²) < 4.78 is 1.84. The predicted octanol–water partition coefficient (Wildman–Crippen LogP) is 3.98. The molecule has 3 rings (SSSR count). The summed E-state index contributed by atoms with van der Waals surface area (Å²) in [7, 11) is 0. The summed E-state index contributed by atoms with van der Waals surface area (Å²) in [6, 6.07) is 11.3. The first-order valence-corrected chi connectivity index (χ1v) is 9.05. The third kappa shape index (κ3) is 3.78. The van der Waals surface area contributed by atoms with E-state index in [0.29, 0.717) is 30.0 Å². The van der Waals surface area contributed by atoms with E-state index in [1.807, 2.05) is 54.9 Å². The van der Waals surface area contributed by atoms with Crippen molar-refractivity contribution in [1.29, 1.82) is 0 Å². The third-order valence-electron chi connectivity index (χ3n) is 4.20. The lowest BCUT2D eigenvalue weighted by Gasteiger charge is -2.09. The summed E-state index contributed by atoms with van der Waals surface area (Å²) >= 11 is 5.99. The number of pyridine rings is 1. The average molecular weight is 369 g/mol. The quantitative estimate of drug-likeness (QED) is 0.716. The maximum Gasteiger partial charge on any atom is 0.255 e. The number of hydrogen-bond acceptors (Lipinski definition) is 3. The summed E-state index contributed by atoms with van der Waals surface area (Å²) in [5.41, 5.74) is 4.21.